The fourth-order valence-corrected chi connectivity index (χ4v) is 3.40. The van der Waals surface area contributed by atoms with E-state index in [0.29, 0.717) is 11.4 Å². The highest BCUT2D eigenvalue weighted by Crippen LogP contribution is 2.39. The molecule has 0 fully saturated rings. The van der Waals surface area contributed by atoms with Gasteiger partial charge in [0.05, 0.1) is 39.4 Å². The van der Waals surface area contributed by atoms with Crippen LogP contribution in [0.25, 0.3) is 22.5 Å². The van der Waals surface area contributed by atoms with E-state index in [-0.39, 0.29) is 21.8 Å². The molecular formula is C21H15ClF3N5O. The van der Waals surface area contributed by atoms with Gasteiger partial charge in [0.15, 0.2) is 0 Å². The maximum absolute atomic E-state index is 13.6. The lowest BCUT2D eigenvalue weighted by atomic mass is 10.00. The Balaban J connectivity index is 1.74. The highest BCUT2D eigenvalue weighted by molar-refractivity contribution is 6.34. The van der Waals surface area contributed by atoms with Gasteiger partial charge in [0.1, 0.15) is 0 Å². The number of halogens is 4. The third kappa shape index (κ3) is 4.17. The van der Waals surface area contributed by atoms with Gasteiger partial charge in [-0.2, -0.15) is 23.4 Å². The zero-order valence-electron chi connectivity index (χ0n) is 16.0. The molecule has 2 aromatic carbocycles. The van der Waals surface area contributed by atoms with Gasteiger partial charge < -0.3 is 5.32 Å². The first-order valence-electron chi connectivity index (χ1n) is 9.05. The number of aryl methyl sites for hydroxylation is 1. The fourth-order valence-electron chi connectivity index (χ4n) is 3.15. The Kier molecular flexibility index (Phi) is 5.28. The van der Waals surface area contributed by atoms with Crippen LogP contribution in [0.1, 0.15) is 15.9 Å². The highest BCUT2D eigenvalue weighted by Gasteiger charge is 2.36. The summed E-state index contributed by atoms with van der Waals surface area (Å²) in [6.45, 7) is 0. The van der Waals surface area contributed by atoms with Crippen molar-refractivity contribution in [3.05, 3.63) is 77.1 Å². The van der Waals surface area contributed by atoms with E-state index in [2.05, 4.69) is 20.6 Å². The number of anilines is 1. The van der Waals surface area contributed by atoms with E-state index in [1.165, 1.54) is 23.1 Å². The van der Waals surface area contributed by atoms with Crippen molar-refractivity contribution >= 4 is 23.2 Å². The van der Waals surface area contributed by atoms with Crippen LogP contribution in [0.5, 0.6) is 0 Å². The van der Waals surface area contributed by atoms with E-state index >= 15 is 0 Å². The summed E-state index contributed by atoms with van der Waals surface area (Å²) >= 11 is 6.08. The Morgan fingerprint density at radius 3 is 2.55 bits per heavy atom. The molecule has 0 aliphatic rings. The Morgan fingerprint density at radius 2 is 1.90 bits per heavy atom. The van der Waals surface area contributed by atoms with Crippen LogP contribution in [0.4, 0.5) is 18.9 Å². The van der Waals surface area contributed by atoms with Gasteiger partial charge in [-0.3, -0.25) is 14.6 Å². The first-order chi connectivity index (χ1) is 14.7. The molecule has 158 valence electrons. The van der Waals surface area contributed by atoms with Crippen molar-refractivity contribution in [2.45, 2.75) is 6.18 Å². The molecule has 2 heterocycles. The zero-order valence-corrected chi connectivity index (χ0v) is 16.8. The van der Waals surface area contributed by atoms with E-state index in [1.54, 1.807) is 7.05 Å². The minimum absolute atomic E-state index is 0.0776. The second-order valence-electron chi connectivity index (χ2n) is 6.73. The smallest absolute Gasteiger partial charge is 0.319 e. The average Bonchev–Trinajstić information content (AvgIpc) is 3.36. The zero-order chi connectivity index (χ0) is 22.2. The lowest BCUT2D eigenvalue weighted by Gasteiger charge is -2.15. The lowest BCUT2D eigenvalue weighted by molar-refractivity contribution is -0.137. The number of hydrogen-bond donors (Lipinski definition) is 2. The predicted molar refractivity (Wildman–Crippen MR) is 111 cm³/mol. The number of H-pyrrole nitrogens is 1. The van der Waals surface area contributed by atoms with Crippen molar-refractivity contribution < 1.29 is 18.0 Å². The number of nitrogens with one attached hydrogen (secondary N) is 2. The van der Waals surface area contributed by atoms with Gasteiger partial charge in [0, 0.05) is 24.4 Å². The van der Waals surface area contributed by atoms with Gasteiger partial charge in [-0.25, -0.2) is 0 Å². The van der Waals surface area contributed by atoms with Crippen molar-refractivity contribution in [3.8, 4) is 22.5 Å². The molecule has 2 aromatic heterocycles. The molecule has 0 unspecified atom stereocenters. The van der Waals surface area contributed by atoms with Gasteiger partial charge in [-0.05, 0) is 18.2 Å². The number of carbonyl (C=O) groups excluding carboxylic acids is 1. The van der Waals surface area contributed by atoms with Gasteiger partial charge >= 0.3 is 6.18 Å². The number of amides is 1. The normalized spacial score (nSPS) is 11.5. The van der Waals surface area contributed by atoms with Crippen molar-refractivity contribution in [1.82, 2.24) is 20.0 Å². The third-order valence-corrected chi connectivity index (χ3v) is 4.91. The van der Waals surface area contributed by atoms with Gasteiger partial charge in [0.25, 0.3) is 5.91 Å². The van der Waals surface area contributed by atoms with Crippen LogP contribution in [0, 0.1) is 0 Å². The topological polar surface area (TPSA) is 75.6 Å². The van der Waals surface area contributed by atoms with Crippen LogP contribution in [-0.4, -0.2) is 25.9 Å². The van der Waals surface area contributed by atoms with Gasteiger partial charge in [-0.1, -0.05) is 41.9 Å². The number of hydrogen-bond acceptors (Lipinski definition) is 3. The summed E-state index contributed by atoms with van der Waals surface area (Å²) in [6.07, 6.45) is -1.74. The summed E-state index contributed by atoms with van der Waals surface area (Å²) in [5.74, 6) is -0.672. The van der Waals surface area contributed by atoms with Crippen LogP contribution in [-0.2, 0) is 13.2 Å². The standard InChI is InChI=1S/C21H15ClF3N5O/c1-30-8-7-17(29-30)13-9-14(16(22)10-15(13)21(23,24)25)20(31)27-18-11-26-28-19(18)12-5-3-2-4-6-12/h2-11H,1H3,(H,26,28)(H,27,31). The first-order valence-corrected chi connectivity index (χ1v) is 9.42. The van der Waals surface area contributed by atoms with Crippen LogP contribution in [0.2, 0.25) is 5.02 Å². The van der Waals surface area contributed by atoms with Gasteiger partial charge in [-0.15, -0.1) is 0 Å². The van der Waals surface area contributed by atoms with Crippen LogP contribution in [0.15, 0.2) is 60.9 Å². The Hall–Kier alpha value is -3.59. The molecule has 2 N–H and O–H groups in total. The summed E-state index contributed by atoms with van der Waals surface area (Å²) in [5.41, 5.74) is 0.458. The maximum atomic E-state index is 13.6. The van der Waals surface area contributed by atoms with E-state index in [1.807, 2.05) is 30.3 Å². The monoisotopic (exact) mass is 445 g/mol. The molecule has 0 radical (unpaired) electrons. The summed E-state index contributed by atoms with van der Waals surface area (Å²) in [4.78, 5) is 12.9. The molecule has 6 nitrogen and oxygen atoms in total. The Labute approximate surface area is 179 Å². The van der Waals surface area contributed by atoms with Gasteiger partial charge in [0.2, 0.25) is 0 Å². The molecule has 10 heteroatoms. The second kappa shape index (κ2) is 7.92. The quantitative estimate of drug-likeness (QED) is 0.441. The van der Waals surface area contributed by atoms with Crippen molar-refractivity contribution in [2.75, 3.05) is 5.32 Å². The third-order valence-electron chi connectivity index (χ3n) is 4.60. The molecule has 4 rings (SSSR count). The largest absolute Gasteiger partial charge is 0.417 e. The Morgan fingerprint density at radius 1 is 1.16 bits per heavy atom. The van der Waals surface area contributed by atoms with E-state index in [4.69, 9.17) is 11.6 Å². The number of nitrogens with zero attached hydrogens (tertiary/aromatic N) is 3. The molecule has 0 saturated carbocycles. The molecule has 0 aliphatic carbocycles. The molecule has 31 heavy (non-hydrogen) atoms. The minimum atomic E-state index is -4.67. The molecule has 0 saturated heterocycles. The molecule has 4 aromatic rings. The van der Waals surface area contributed by atoms with Crippen molar-refractivity contribution in [2.24, 2.45) is 7.05 Å². The number of rotatable bonds is 4. The van der Waals surface area contributed by atoms with Crippen molar-refractivity contribution in [1.29, 1.82) is 0 Å². The fraction of sp³-hybridized carbons (Fsp3) is 0.0952. The van der Waals surface area contributed by atoms with Crippen molar-refractivity contribution in [3.63, 3.8) is 0 Å². The minimum Gasteiger partial charge on any atom is -0.319 e. The number of alkyl halides is 3. The SMILES string of the molecule is Cn1ccc(-c2cc(C(=O)Nc3cn[nH]c3-c3ccccc3)c(Cl)cc2C(F)(F)F)n1. The lowest BCUT2D eigenvalue weighted by Crippen LogP contribution is -2.15. The van der Waals surface area contributed by atoms with Crippen LogP contribution < -0.4 is 5.32 Å². The van der Waals surface area contributed by atoms with E-state index < -0.39 is 17.6 Å². The average molecular weight is 446 g/mol. The highest BCUT2D eigenvalue weighted by atomic mass is 35.5. The molecule has 0 atom stereocenters. The first kappa shape index (κ1) is 20.7. The number of aromatic amines is 1. The summed E-state index contributed by atoms with van der Waals surface area (Å²) in [5, 5.41) is 13.1. The predicted octanol–water partition coefficient (Wildman–Crippen LogP) is 5.40. The second-order valence-corrected chi connectivity index (χ2v) is 7.14. The molecule has 1 amide bonds. The summed E-state index contributed by atoms with van der Waals surface area (Å²) < 4.78 is 42.2. The summed E-state index contributed by atoms with van der Waals surface area (Å²) in [7, 11) is 1.59. The summed E-state index contributed by atoms with van der Waals surface area (Å²) in [6, 6.07) is 12.4. The van der Waals surface area contributed by atoms with E-state index in [0.717, 1.165) is 17.7 Å². The maximum Gasteiger partial charge on any atom is 0.417 e. The van der Waals surface area contributed by atoms with Crippen LogP contribution >= 0.6 is 11.6 Å². The number of carbonyl (C=O) groups is 1. The number of aromatic nitrogens is 4. The molecule has 0 spiro atoms. The van der Waals surface area contributed by atoms with Crippen LogP contribution in [0.3, 0.4) is 0 Å². The van der Waals surface area contributed by atoms with E-state index in [9.17, 15) is 18.0 Å². The molecular weight excluding hydrogens is 431 g/mol. The molecule has 0 bridgehead atoms. The Bertz CT molecular complexity index is 1250. The molecule has 0 aliphatic heterocycles. The number of benzene rings is 2.